The molecular formula is C14H19FN2O3S. The van der Waals surface area contributed by atoms with Crippen LogP contribution in [0.5, 0.6) is 0 Å². The molecule has 1 fully saturated rings. The Morgan fingerprint density at radius 2 is 2.24 bits per heavy atom. The molecule has 0 saturated carbocycles. The number of sulfone groups is 1. The lowest BCUT2D eigenvalue weighted by Gasteiger charge is -2.23. The number of rotatable bonds is 4. The number of halogens is 1. The molecule has 1 atom stereocenters. The van der Waals surface area contributed by atoms with Crippen LogP contribution in [0.3, 0.4) is 0 Å². The largest absolute Gasteiger partial charge is 0.352 e. The molecular weight excluding hydrogens is 295 g/mol. The number of amides is 1. The van der Waals surface area contributed by atoms with Crippen molar-refractivity contribution in [2.75, 3.05) is 18.1 Å². The molecule has 0 spiro atoms. The van der Waals surface area contributed by atoms with Crippen molar-refractivity contribution in [2.45, 2.75) is 25.9 Å². The molecule has 0 radical (unpaired) electrons. The van der Waals surface area contributed by atoms with E-state index in [4.69, 9.17) is 0 Å². The summed E-state index contributed by atoms with van der Waals surface area (Å²) in [6.07, 6.45) is 0.105. The molecule has 21 heavy (non-hydrogen) atoms. The molecule has 2 rings (SSSR count). The molecule has 1 unspecified atom stereocenters. The van der Waals surface area contributed by atoms with E-state index in [0.29, 0.717) is 17.7 Å². The molecule has 2 N–H and O–H groups in total. The van der Waals surface area contributed by atoms with Gasteiger partial charge in [-0.25, -0.2) is 12.8 Å². The van der Waals surface area contributed by atoms with Gasteiger partial charge >= 0.3 is 0 Å². The first-order valence-electron chi connectivity index (χ1n) is 6.81. The van der Waals surface area contributed by atoms with Gasteiger partial charge in [-0.15, -0.1) is 0 Å². The van der Waals surface area contributed by atoms with Crippen LogP contribution in [-0.4, -0.2) is 38.4 Å². The summed E-state index contributed by atoms with van der Waals surface area (Å²) in [6.45, 7) is 2.28. The SMILES string of the molecule is Cc1ccc(CNC(=O)CC2CS(=O)(=O)CCN2)cc1F. The molecule has 1 saturated heterocycles. The lowest BCUT2D eigenvalue weighted by atomic mass is 10.1. The van der Waals surface area contributed by atoms with Crippen molar-refractivity contribution in [2.24, 2.45) is 0 Å². The number of hydrogen-bond donors (Lipinski definition) is 2. The number of carbonyl (C=O) groups is 1. The second-order valence-corrected chi connectivity index (χ2v) is 7.56. The minimum absolute atomic E-state index is 0.0143. The quantitative estimate of drug-likeness (QED) is 0.850. The molecule has 1 heterocycles. The Kier molecular flexibility index (Phi) is 4.95. The summed E-state index contributed by atoms with van der Waals surface area (Å²) < 4.78 is 36.3. The molecule has 1 amide bonds. The van der Waals surface area contributed by atoms with Crippen molar-refractivity contribution in [3.8, 4) is 0 Å². The van der Waals surface area contributed by atoms with Crippen LogP contribution in [0.2, 0.25) is 0 Å². The van der Waals surface area contributed by atoms with Gasteiger partial charge in [0.15, 0.2) is 9.84 Å². The Morgan fingerprint density at radius 1 is 1.48 bits per heavy atom. The number of benzene rings is 1. The van der Waals surface area contributed by atoms with Crippen LogP contribution in [0.25, 0.3) is 0 Å². The minimum atomic E-state index is -3.05. The summed E-state index contributed by atoms with van der Waals surface area (Å²) in [4.78, 5) is 11.8. The van der Waals surface area contributed by atoms with E-state index in [9.17, 15) is 17.6 Å². The van der Waals surface area contributed by atoms with Gasteiger partial charge in [0.05, 0.1) is 11.5 Å². The molecule has 7 heteroatoms. The van der Waals surface area contributed by atoms with Gasteiger partial charge in [-0.1, -0.05) is 12.1 Å². The summed E-state index contributed by atoms with van der Waals surface area (Å²) in [6, 6.07) is 4.45. The van der Waals surface area contributed by atoms with Crippen LogP contribution < -0.4 is 10.6 Å². The third kappa shape index (κ3) is 4.78. The van der Waals surface area contributed by atoms with Crippen molar-refractivity contribution < 1.29 is 17.6 Å². The normalized spacial score (nSPS) is 21.0. The highest BCUT2D eigenvalue weighted by Gasteiger charge is 2.25. The van der Waals surface area contributed by atoms with E-state index in [1.54, 1.807) is 19.1 Å². The molecule has 116 valence electrons. The average molecular weight is 314 g/mol. The summed E-state index contributed by atoms with van der Waals surface area (Å²) in [7, 11) is -3.05. The molecule has 0 aliphatic carbocycles. The first kappa shape index (κ1) is 15.9. The highest BCUT2D eigenvalue weighted by atomic mass is 32.2. The predicted octanol–water partition coefficient (Wildman–Crippen LogP) is 0.527. The average Bonchev–Trinajstić information content (AvgIpc) is 2.39. The molecule has 1 aromatic rings. The summed E-state index contributed by atoms with van der Waals surface area (Å²) in [5, 5.41) is 5.70. The lowest BCUT2D eigenvalue weighted by Crippen LogP contribution is -2.47. The Hall–Kier alpha value is -1.47. The number of carbonyl (C=O) groups excluding carboxylic acids is 1. The van der Waals surface area contributed by atoms with E-state index in [2.05, 4.69) is 10.6 Å². The molecule has 0 aromatic heterocycles. The van der Waals surface area contributed by atoms with Gasteiger partial charge in [-0.05, 0) is 24.1 Å². The zero-order valence-corrected chi connectivity index (χ0v) is 12.7. The van der Waals surface area contributed by atoms with Crippen molar-refractivity contribution >= 4 is 15.7 Å². The van der Waals surface area contributed by atoms with Crippen LogP contribution in [0, 0.1) is 12.7 Å². The monoisotopic (exact) mass is 314 g/mol. The Morgan fingerprint density at radius 3 is 2.90 bits per heavy atom. The Balaban J connectivity index is 1.83. The fourth-order valence-electron chi connectivity index (χ4n) is 2.24. The van der Waals surface area contributed by atoms with Crippen molar-refractivity contribution in [1.29, 1.82) is 0 Å². The fourth-order valence-corrected chi connectivity index (χ4v) is 3.69. The van der Waals surface area contributed by atoms with Gasteiger partial charge in [-0.2, -0.15) is 0 Å². The molecule has 1 aliphatic rings. The zero-order chi connectivity index (χ0) is 15.5. The summed E-state index contributed by atoms with van der Waals surface area (Å²) in [5.41, 5.74) is 1.23. The van der Waals surface area contributed by atoms with Crippen molar-refractivity contribution in [1.82, 2.24) is 10.6 Å². The standard InChI is InChI=1S/C14H19FN2O3S/c1-10-2-3-11(6-13(10)15)8-17-14(18)7-12-9-21(19,20)5-4-16-12/h2-3,6,12,16H,4-5,7-9H2,1H3,(H,17,18). The van der Waals surface area contributed by atoms with E-state index < -0.39 is 9.84 Å². The summed E-state index contributed by atoms with van der Waals surface area (Å²) in [5.74, 6) is -0.444. The number of nitrogens with one attached hydrogen (secondary N) is 2. The molecule has 0 bridgehead atoms. The van der Waals surface area contributed by atoms with Gasteiger partial charge in [0.25, 0.3) is 0 Å². The van der Waals surface area contributed by atoms with Crippen LogP contribution in [0.4, 0.5) is 4.39 Å². The smallest absolute Gasteiger partial charge is 0.221 e. The molecule has 5 nitrogen and oxygen atoms in total. The Labute approximate surface area is 123 Å². The van der Waals surface area contributed by atoms with E-state index in [-0.39, 0.29) is 42.2 Å². The second kappa shape index (κ2) is 6.53. The first-order valence-corrected chi connectivity index (χ1v) is 8.63. The highest BCUT2D eigenvalue weighted by Crippen LogP contribution is 2.09. The zero-order valence-electron chi connectivity index (χ0n) is 11.9. The van der Waals surface area contributed by atoms with E-state index in [0.717, 1.165) is 0 Å². The fraction of sp³-hybridized carbons (Fsp3) is 0.500. The van der Waals surface area contributed by atoms with E-state index >= 15 is 0 Å². The minimum Gasteiger partial charge on any atom is -0.352 e. The topological polar surface area (TPSA) is 75.3 Å². The molecule has 1 aliphatic heterocycles. The van der Waals surface area contributed by atoms with E-state index in [1.807, 2.05) is 0 Å². The highest BCUT2D eigenvalue weighted by molar-refractivity contribution is 7.91. The second-order valence-electron chi connectivity index (χ2n) is 5.33. The lowest BCUT2D eigenvalue weighted by molar-refractivity contribution is -0.121. The summed E-state index contributed by atoms with van der Waals surface area (Å²) >= 11 is 0. The van der Waals surface area contributed by atoms with Gasteiger partial charge < -0.3 is 10.6 Å². The number of aryl methyl sites for hydroxylation is 1. The third-order valence-electron chi connectivity index (χ3n) is 3.46. The Bertz CT molecular complexity index is 631. The van der Waals surface area contributed by atoms with Gasteiger partial charge in [0, 0.05) is 25.6 Å². The maximum Gasteiger partial charge on any atom is 0.221 e. The maximum atomic E-state index is 13.4. The first-order chi connectivity index (χ1) is 9.85. The number of hydrogen-bond acceptors (Lipinski definition) is 4. The van der Waals surface area contributed by atoms with Gasteiger partial charge in [0.1, 0.15) is 5.82 Å². The van der Waals surface area contributed by atoms with Crippen LogP contribution in [0.1, 0.15) is 17.5 Å². The van der Waals surface area contributed by atoms with Gasteiger partial charge in [0.2, 0.25) is 5.91 Å². The van der Waals surface area contributed by atoms with Crippen molar-refractivity contribution in [3.63, 3.8) is 0 Å². The maximum absolute atomic E-state index is 13.4. The van der Waals surface area contributed by atoms with Crippen LogP contribution in [0.15, 0.2) is 18.2 Å². The third-order valence-corrected chi connectivity index (χ3v) is 5.20. The van der Waals surface area contributed by atoms with Crippen LogP contribution >= 0.6 is 0 Å². The van der Waals surface area contributed by atoms with Crippen LogP contribution in [-0.2, 0) is 21.2 Å². The predicted molar refractivity (Wildman–Crippen MR) is 78.0 cm³/mol. The molecule has 1 aromatic carbocycles. The van der Waals surface area contributed by atoms with Gasteiger partial charge in [-0.3, -0.25) is 4.79 Å². The van der Waals surface area contributed by atoms with E-state index in [1.165, 1.54) is 6.07 Å². The van der Waals surface area contributed by atoms with Crippen molar-refractivity contribution in [3.05, 3.63) is 35.1 Å².